The first-order valence-corrected chi connectivity index (χ1v) is 10.00. The lowest BCUT2D eigenvalue weighted by molar-refractivity contribution is -0.119. The molecule has 1 unspecified atom stereocenters. The first-order chi connectivity index (χ1) is 13.1. The Morgan fingerprint density at radius 2 is 2.15 bits per heavy atom. The van der Waals surface area contributed by atoms with Crippen LogP contribution in [0.2, 0.25) is 0 Å². The molecule has 140 valence electrons. The lowest BCUT2D eigenvalue weighted by atomic mass is 10.1. The number of nitrogens with zero attached hydrogens (tertiary/aromatic N) is 4. The minimum absolute atomic E-state index is 0.0705. The second-order valence-corrected chi connectivity index (χ2v) is 7.47. The lowest BCUT2D eigenvalue weighted by Gasteiger charge is -2.13. The first-order valence-electron chi connectivity index (χ1n) is 8.13. The van der Waals surface area contributed by atoms with E-state index in [0.717, 1.165) is 10.4 Å². The van der Waals surface area contributed by atoms with Gasteiger partial charge in [0.15, 0.2) is 0 Å². The summed E-state index contributed by atoms with van der Waals surface area (Å²) in [5.74, 6) is 6.32. The molecule has 0 saturated carbocycles. The van der Waals surface area contributed by atoms with Crippen LogP contribution >= 0.6 is 23.1 Å². The highest BCUT2D eigenvalue weighted by atomic mass is 32.2. The molecule has 0 aliphatic carbocycles. The van der Waals surface area contributed by atoms with Gasteiger partial charge in [-0.1, -0.05) is 48.2 Å². The number of nitrogen functional groups attached to an aromatic ring is 1. The molecule has 3 rings (SSSR count). The Bertz CT molecular complexity index is 893. The highest BCUT2D eigenvalue weighted by Gasteiger charge is 2.14. The molecule has 1 atom stereocenters. The number of anilines is 1. The fourth-order valence-corrected chi connectivity index (χ4v) is 3.46. The Hall–Kier alpha value is -2.85. The number of aromatic nitrogens is 3. The van der Waals surface area contributed by atoms with Crippen LogP contribution in [0.25, 0.3) is 0 Å². The molecule has 2 heterocycles. The van der Waals surface area contributed by atoms with Crippen molar-refractivity contribution < 1.29 is 4.79 Å². The molecular weight excluding hydrogens is 382 g/mol. The van der Waals surface area contributed by atoms with E-state index in [1.54, 1.807) is 17.6 Å². The quantitative estimate of drug-likeness (QED) is 0.231. The molecule has 0 bridgehead atoms. The van der Waals surface area contributed by atoms with Gasteiger partial charge >= 0.3 is 0 Å². The van der Waals surface area contributed by atoms with Gasteiger partial charge in [-0.2, -0.15) is 5.10 Å². The van der Waals surface area contributed by atoms with Gasteiger partial charge in [0.25, 0.3) is 5.95 Å². The van der Waals surface area contributed by atoms with Crippen LogP contribution < -0.4 is 16.6 Å². The summed E-state index contributed by atoms with van der Waals surface area (Å²) in [4.78, 5) is 13.2. The van der Waals surface area contributed by atoms with E-state index in [2.05, 4.69) is 26.0 Å². The Labute approximate surface area is 164 Å². The van der Waals surface area contributed by atoms with E-state index in [4.69, 9.17) is 5.84 Å². The highest BCUT2D eigenvalue weighted by Crippen LogP contribution is 2.17. The van der Waals surface area contributed by atoms with Gasteiger partial charge in [0, 0.05) is 4.88 Å². The smallest absolute Gasteiger partial charge is 0.264 e. The van der Waals surface area contributed by atoms with Gasteiger partial charge in [0.05, 0.1) is 18.0 Å². The average Bonchev–Trinajstić information content (AvgIpc) is 3.31. The van der Waals surface area contributed by atoms with Crippen molar-refractivity contribution in [2.45, 2.75) is 18.1 Å². The van der Waals surface area contributed by atoms with Gasteiger partial charge < -0.3 is 11.2 Å². The summed E-state index contributed by atoms with van der Waals surface area (Å²) in [6, 6.07) is 13.6. The van der Waals surface area contributed by atoms with E-state index in [-0.39, 0.29) is 17.7 Å². The molecule has 1 aromatic carbocycles. The van der Waals surface area contributed by atoms with Crippen molar-refractivity contribution >= 4 is 41.2 Å². The third kappa shape index (κ3) is 5.31. The zero-order chi connectivity index (χ0) is 19.1. The van der Waals surface area contributed by atoms with E-state index in [0.29, 0.717) is 11.1 Å². The summed E-state index contributed by atoms with van der Waals surface area (Å²) in [7, 11) is 0. The standard InChI is InChI=1S/C17H19N7OS2/c1-12(13-6-3-2-4-7-13)20-15(25)11-27-17-23-22-16(24(17)18)21-19-10-14-8-5-9-26-14/h2-10,12H,11,18H2,1H3,(H,20,25)(H,21,22)/b19-10+. The Morgan fingerprint density at radius 3 is 2.89 bits per heavy atom. The maximum Gasteiger partial charge on any atom is 0.264 e. The molecule has 0 fully saturated rings. The van der Waals surface area contributed by atoms with Gasteiger partial charge in [0.1, 0.15) is 0 Å². The minimum atomic E-state index is -0.107. The van der Waals surface area contributed by atoms with E-state index < -0.39 is 0 Å². The number of nitrogens with two attached hydrogens (primary N) is 1. The molecule has 0 saturated heterocycles. The second kappa shape index (κ2) is 9.19. The lowest BCUT2D eigenvalue weighted by Crippen LogP contribution is -2.28. The van der Waals surface area contributed by atoms with Crippen molar-refractivity contribution in [1.82, 2.24) is 20.2 Å². The predicted octanol–water partition coefficient (Wildman–Crippen LogP) is 2.47. The van der Waals surface area contributed by atoms with Gasteiger partial charge in [-0.3, -0.25) is 4.79 Å². The summed E-state index contributed by atoms with van der Waals surface area (Å²) in [5.41, 5.74) is 3.79. The number of benzene rings is 1. The largest absolute Gasteiger partial charge is 0.349 e. The van der Waals surface area contributed by atoms with Crippen molar-refractivity contribution in [3.8, 4) is 0 Å². The molecule has 0 aliphatic rings. The Morgan fingerprint density at radius 1 is 1.33 bits per heavy atom. The van der Waals surface area contributed by atoms with Crippen molar-refractivity contribution in [1.29, 1.82) is 0 Å². The van der Waals surface area contributed by atoms with Crippen LogP contribution in [0.3, 0.4) is 0 Å². The number of thiophene rings is 1. The molecule has 4 N–H and O–H groups in total. The summed E-state index contributed by atoms with van der Waals surface area (Å²) in [5, 5.41) is 17.3. The number of thioether (sulfide) groups is 1. The van der Waals surface area contributed by atoms with Crippen molar-refractivity contribution in [3.63, 3.8) is 0 Å². The molecule has 2 aromatic heterocycles. The van der Waals surface area contributed by atoms with Gasteiger partial charge in [0.2, 0.25) is 11.1 Å². The molecule has 27 heavy (non-hydrogen) atoms. The molecule has 0 spiro atoms. The Kier molecular flexibility index (Phi) is 6.44. The number of carbonyl (C=O) groups is 1. The van der Waals surface area contributed by atoms with E-state index in [1.807, 2.05) is 54.8 Å². The molecule has 0 radical (unpaired) electrons. The van der Waals surface area contributed by atoms with Gasteiger partial charge in [-0.25, -0.2) is 10.1 Å². The third-order valence-corrected chi connectivity index (χ3v) is 5.32. The summed E-state index contributed by atoms with van der Waals surface area (Å²) in [6.07, 6.45) is 1.67. The maximum absolute atomic E-state index is 12.2. The number of nitrogens with one attached hydrogen (secondary N) is 2. The van der Waals surface area contributed by atoms with Crippen LogP contribution in [0.1, 0.15) is 23.4 Å². The molecular formula is C17H19N7OS2. The Balaban J connectivity index is 1.49. The molecule has 10 heteroatoms. The van der Waals surface area contributed by atoms with Crippen molar-refractivity contribution in [3.05, 3.63) is 58.3 Å². The number of carbonyl (C=O) groups excluding carboxylic acids is 1. The van der Waals surface area contributed by atoms with E-state index in [1.165, 1.54) is 16.4 Å². The zero-order valence-corrected chi connectivity index (χ0v) is 16.2. The van der Waals surface area contributed by atoms with Crippen LogP contribution in [0.15, 0.2) is 58.1 Å². The topological polar surface area (TPSA) is 110 Å². The van der Waals surface area contributed by atoms with Crippen molar-refractivity contribution in [2.24, 2.45) is 5.10 Å². The zero-order valence-electron chi connectivity index (χ0n) is 14.6. The normalized spacial score (nSPS) is 12.2. The highest BCUT2D eigenvalue weighted by molar-refractivity contribution is 7.99. The SMILES string of the molecule is CC(NC(=O)CSc1nnc(N/N=C/c2cccs2)n1N)c1ccccc1. The van der Waals surface area contributed by atoms with Crippen LogP contribution in [-0.2, 0) is 4.79 Å². The number of hydrogen-bond acceptors (Lipinski definition) is 8. The van der Waals surface area contributed by atoms with Crippen LogP contribution in [-0.4, -0.2) is 32.7 Å². The third-order valence-electron chi connectivity index (χ3n) is 3.57. The summed E-state index contributed by atoms with van der Waals surface area (Å²) < 4.78 is 1.27. The molecule has 8 nitrogen and oxygen atoms in total. The fourth-order valence-electron chi connectivity index (χ4n) is 2.21. The van der Waals surface area contributed by atoms with E-state index >= 15 is 0 Å². The molecule has 1 amide bonds. The second-order valence-electron chi connectivity index (χ2n) is 5.55. The number of hydrogen-bond donors (Lipinski definition) is 3. The number of rotatable bonds is 8. The fraction of sp³-hybridized carbons (Fsp3) is 0.176. The van der Waals surface area contributed by atoms with Crippen LogP contribution in [0.4, 0.5) is 5.95 Å². The van der Waals surface area contributed by atoms with Gasteiger partial charge in [-0.05, 0) is 23.9 Å². The maximum atomic E-state index is 12.2. The van der Waals surface area contributed by atoms with Gasteiger partial charge in [-0.15, -0.1) is 21.5 Å². The summed E-state index contributed by atoms with van der Waals surface area (Å²) >= 11 is 2.78. The first kappa shape index (κ1) is 18.9. The number of hydrazone groups is 1. The minimum Gasteiger partial charge on any atom is -0.349 e. The van der Waals surface area contributed by atoms with Crippen molar-refractivity contribution in [2.75, 3.05) is 17.0 Å². The predicted molar refractivity (Wildman–Crippen MR) is 109 cm³/mol. The van der Waals surface area contributed by atoms with Crippen LogP contribution in [0, 0.1) is 0 Å². The monoisotopic (exact) mass is 401 g/mol. The molecule has 3 aromatic rings. The average molecular weight is 402 g/mol. The number of amides is 1. The van der Waals surface area contributed by atoms with E-state index in [9.17, 15) is 4.79 Å². The molecule has 0 aliphatic heterocycles. The van der Waals surface area contributed by atoms with Crippen LogP contribution in [0.5, 0.6) is 0 Å². The summed E-state index contributed by atoms with van der Waals surface area (Å²) in [6.45, 7) is 1.94.